The van der Waals surface area contributed by atoms with E-state index in [4.69, 9.17) is 18.9 Å². The van der Waals surface area contributed by atoms with Crippen LogP contribution in [0.2, 0.25) is 0 Å². The Hall–Kier alpha value is -2.54. The summed E-state index contributed by atoms with van der Waals surface area (Å²) < 4.78 is 23.4. The number of hydrogen-bond donors (Lipinski definition) is 8. The van der Waals surface area contributed by atoms with Gasteiger partial charge in [0.2, 0.25) is 0 Å². The Morgan fingerprint density at radius 1 is 0.690 bits per heavy atom. The minimum absolute atomic E-state index is 0.0217. The lowest BCUT2D eigenvalue weighted by atomic mass is 9.33. The summed E-state index contributed by atoms with van der Waals surface area (Å²) in [6, 6.07) is 0. The maximum Gasteiger partial charge on any atom is 0.335 e. The number of hydrogen-bond acceptors (Lipinski definition) is 13. The molecule has 0 radical (unpaired) electrons. The molecule has 0 spiro atoms. The van der Waals surface area contributed by atoms with Crippen LogP contribution < -0.4 is 0 Å². The number of aliphatic carboxylic acids is 3. The lowest BCUT2D eigenvalue weighted by molar-refractivity contribution is -0.371. The van der Waals surface area contributed by atoms with E-state index in [0.29, 0.717) is 25.7 Å². The topological polar surface area (TPSA) is 267 Å². The summed E-state index contributed by atoms with van der Waals surface area (Å²) in [7, 11) is 0. The molecule has 16 nitrogen and oxygen atoms in total. The summed E-state index contributed by atoms with van der Waals surface area (Å²) in [5, 5.41) is 83.0. The highest BCUT2D eigenvalue weighted by molar-refractivity contribution is 5.95. The predicted molar refractivity (Wildman–Crippen MR) is 199 cm³/mol. The summed E-state index contributed by atoms with van der Waals surface area (Å²) in [6.45, 7) is 14.8. The van der Waals surface area contributed by atoms with Crippen molar-refractivity contribution in [3.05, 3.63) is 11.6 Å². The molecule has 2 saturated heterocycles. The van der Waals surface area contributed by atoms with Gasteiger partial charge in [-0.05, 0) is 110 Å². The number of ether oxygens (including phenoxy) is 4. The van der Waals surface area contributed by atoms with Gasteiger partial charge in [-0.2, -0.15) is 0 Å². The van der Waals surface area contributed by atoms with Crippen molar-refractivity contribution in [1.29, 1.82) is 0 Å². The fourth-order valence-corrected chi connectivity index (χ4v) is 13.4. The van der Waals surface area contributed by atoms with Crippen molar-refractivity contribution < 1.29 is 79.0 Å². The second-order valence-corrected chi connectivity index (χ2v) is 20.6. The molecule has 0 aromatic carbocycles. The van der Waals surface area contributed by atoms with E-state index in [0.717, 1.165) is 37.7 Å². The zero-order valence-corrected chi connectivity index (χ0v) is 34.4. The third-order valence-corrected chi connectivity index (χ3v) is 17.2. The monoisotopic (exact) mass is 822 g/mol. The summed E-state index contributed by atoms with van der Waals surface area (Å²) in [6.07, 6.45) is -12.2. The molecule has 16 heteroatoms. The fraction of sp³-hybridized carbons (Fsp3) is 0.857. The Balaban J connectivity index is 1.17. The van der Waals surface area contributed by atoms with Gasteiger partial charge in [0.15, 0.2) is 30.6 Å². The molecule has 0 amide bonds. The van der Waals surface area contributed by atoms with Gasteiger partial charge in [0, 0.05) is 5.92 Å². The van der Waals surface area contributed by atoms with E-state index >= 15 is 0 Å². The summed E-state index contributed by atoms with van der Waals surface area (Å²) >= 11 is 0. The number of rotatable bonds is 7. The van der Waals surface area contributed by atoms with Crippen LogP contribution in [0.1, 0.15) is 106 Å². The molecule has 5 unspecified atom stereocenters. The zero-order valence-electron chi connectivity index (χ0n) is 34.4. The highest BCUT2D eigenvalue weighted by Gasteiger charge is 2.71. The van der Waals surface area contributed by atoms with Crippen LogP contribution >= 0.6 is 0 Å². The SMILES string of the molecule is CC1(C)C(O[C@H]2O[C@H](C(=O)O)[C@@H](O)[C@H](O)C2O[C@@H]2O[C@H](C(=O)O)[C@@H](O)[C@H](O)[C@H]2O)CC[C@@]2(C)C1CC[C@]1(C)C2C(=O)C=C2C3C[C@@](C)(C(=O)O)CC[C@]3(C)CC[C@]21C. The van der Waals surface area contributed by atoms with Crippen molar-refractivity contribution in [3.8, 4) is 0 Å². The van der Waals surface area contributed by atoms with Crippen molar-refractivity contribution in [2.45, 2.75) is 174 Å². The van der Waals surface area contributed by atoms with E-state index in [1.807, 2.05) is 26.8 Å². The number of fused-ring (bicyclic) bond motifs is 7. The van der Waals surface area contributed by atoms with Gasteiger partial charge in [-0.3, -0.25) is 9.59 Å². The summed E-state index contributed by atoms with van der Waals surface area (Å²) in [5.41, 5.74) is -1.81. The number of carboxylic acid groups (broad SMARTS) is 3. The third-order valence-electron chi connectivity index (χ3n) is 17.2. The Morgan fingerprint density at radius 2 is 1.28 bits per heavy atom. The van der Waals surface area contributed by atoms with Crippen LogP contribution in [0.4, 0.5) is 0 Å². The molecule has 8 N–H and O–H groups in total. The lowest BCUT2D eigenvalue weighted by Crippen LogP contribution is -2.68. The Kier molecular flexibility index (Phi) is 10.7. The first-order valence-corrected chi connectivity index (χ1v) is 20.7. The average Bonchev–Trinajstić information content (AvgIpc) is 3.13. The molecule has 6 fully saturated rings. The first kappa shape index (κ1) is 43.5. The van der Waals surface area contributed by atoms with Crippen LogP contribution in [-0.2, 0) is 38.1 Å². The lowest BCUT2D eigenvalue weighted by Gasteiger charge is -2.70. The van der Waals surface area contributed by atoms with Crippen molar-refractivity contribution in [3.63, 3.8) is 0 Å². The van der Waals surface area contributed by atoms with E-state index in [2.05, 4.69) is 27.7 Å². The largest absolute Gasteiger partial charge is 0.481 e. The van der Waals surface area contributed by atoms with Crippen LogP contribution in [0.15, 0.2) is 11.6 Å². The van der Waals surface area contributed by atoms with Gasteiger partial charge in [-0.25, -0.2) is 9.59 Å². The minimum atomic E-state index is -2.05. The number of carbonyl (C=O) groups excluding carboxylic acids is 1. The molecule has 0 aromatic rings. The number of allylic oxidation sites excluding steroid dienone is 2. The van der Waals surface area contributed by atoms with Gasteiger partial charge in [0.05, 0.1) is 11.5 Å². The van der Waals surface area contributed by atoms with E-state index in [1.165, 1.54) is 0 Å². The van der Waals surface area contributed by atoms with E-state index < -0.39 is 107 Å². The van der Waals surface area contributed by atoms with Crippen LogP contribution in [0, 0.1) is 50.2 Å². The Labute approximate surface area is 337 Å². The highest BCUT2D eigenvalue weighted by Crippen LogP contribution is 2.75. The van der Waals surface area contributed by atoms with Gasteiger partial charge in [-0.15, -0.1) is 0 Å². The summed E-state index contributed by atoms with van der Waals surface area (Å²) in [5.74, 6) is -4.47. The number of ketones is 1. The first-order valence-electron chi connectivity index (χ1n) is 20.7. The third kappa shape index (κ3) is 6.25. The van der Waals surface area contributed by atoms with Crippen LogP contribution in [0.25, 0.3) is 0 Å². The Morgan fingerprint density at radius 3 is 1.88 bits per heavy atom. The van der Waals surface area contributed by atoms with Gasteiger partial charge in [-0.1, -0.05) is 47.1 Å². The maximum absolute atomic E-state index is 14.8. The first-order chi connectivity index (χ1) is 26.8. The molecule has 2 aliphatic heterocycles. The second kappa shape index (κ2) is 14.3. The molecule has 5 aliphatic carbocycles. The molecule has 19 atom stereocenters. The molecule has 0 aromatic heterocycles. The number of carboxylic acids is 3. The van der Waals surface area contributed by atoms with Crippen LogP contribution in [0.3, 0.4) is 0 Å². The van der Waals surface area contributed by atoms with Gasteiger partial charge in [0.1, 0.15) is 36.6 Å². The van der Waals surface area contributed by atoms with Crippen LogP contribution in [-0.4, -0.2) is 132 Å². The maximum atomic E-state index is 14.8. The average molecular weight is 823 g/mol. The van der Waals surface area contributed by atoms with Gasteiger partial charge in [0.25, 0.3) is 0 Å². The van der Waals surface area contributed by atoms with E-state index in [9.17, 15) is 60.0 Å². The molecule has 0 bridgehead atoms. The van der Waals surface area contributed by atoms with E-state index in [-0.39, 0.29) is 34.4 Å². The number of aliphatic hydroxyl groups excluding tert-OH is 5. The van der Waals surface area contributed by atoms with Crippen molar-refractivity contribution in [2.75, 3.05) is 0 Å². The molecule has 58 heavy (non-hydrogen) atoms. The van der Waals surface area contributed by atoms with Crippen molar-refractivity contribution >= 4 is 23.7 Å². The quantitative estimate of drug-likeness (QED) is 0.171. The van der Waals surface area contributed by atoms with E-state index in [1.54, 1.807) is 0 Å². The van der Waals surface area contributed by atoms with Crippen LogP contribution in [0.5, 0.6) is 0 Å². The summed E-state index contributed by atoms with van der Waals surface area (Å²) in [4.78, 5) is 51.3. The number of aliphatic hydroxyl groups is 5. The molecular formula is C42H62O16. The van der Waals surface area contributed by atoms with Crippen molar-refractivity contribution in [2.24, 2.45) is 50.2 Å². The Bertz CT molecular complexity index is 1730. The molecule has 326 valence electrons. The predicted octanol–water partition coefficient (Wildman–Crippen LogP) is 2.25. The molecule has 7 rings (SSSR count). The molecule has 2 heterocycles. The number of carbonyl (C=O) groups is 4. The fourth-order valence-electron chi connectivity index (χ4n) is 13.4. The normalized spacial score (nSPS) is 52.6. The van der Waals surface area contributed by atoms with Gasteiger partial charge >= 0.3 is 17.9 Å². The zero-order chi connectivity index (χ0) is 42.9. The van der Waals surface area contributed by atoms with Gasteiger partial charge < -0.3 is 59.8 Å². The molecule has 7 aliphatic rings. The van der Waals surface area contributed by atoms with Crippen molar-refractivity contribution in [1.82, 2.24) is 0 Å². The molecule has 4 saturated carbocycles. The minimum Gasteiger partial charge on any atom is -0.481 e. The highest BCUT2D eigenvalue weighted by atomic mass is 16.8. The smallest absolute Gasteiger partial charge is 0.335 e. The second-order valence-electron chi connectivity index (χ2n) is 20.6. The standard InChI is InChI=1S/C42H62O16/c1-37(2)21-8-11-42(7)31(20(43)16-18-19-17-39(4,36(53)54)13-12-38(19,3)14-15-41(18,42)6)40(21,5)10-9-22(37)55-35-30(26(47)25(46)29(57-35)33(51)52)58-34-27(48)23(44)24(45)28(56-34)32(49)50/h16,19,21-31,34-35,44-48H,8-15,17H2,1-7H3,(H,49,50)(H,51,52)(H,53,54)/t19?,21?,22?,23-,24-,25-,26-,27+,28-,29-,30?,31?,34-,35-,38+,39-,40-,41+,42+/m0/s1. The molecular weight excluding hydrogens is 760 g/mol.